The molecule has 0 radical (unpaired) electrons. The van der Waals surface area contributed by atoms with E-state index in [1.54, 1.807) is 0 Å². The molecular formula is C14H27NO. The van der Waals surface area contributed by atoms with Crippen LogP contribution in [-0.2, 0) is 4.79 Å². The predicted molar refractivity (Wildman–Crippen MR) is 68.6 cm³/mol. The lowest BCUT2D eigenvalue weighted by Crippen LogP contribution is -2.48. The molecule has 0 aromatic rings. The Morgan fingerprint density at radius 2 is 1.81 bits per heavy atom. The van der Waals surface area contributed by atoms with Crippen molar-refractivity contribution in [2.45, 2.75) is 64.8 Å². The molecule has 0 atom stereocenters. The van der Waals surface area contributed by atoms with Crippen molar-refractivity contribution in [3.8, 4) is 0 Å². The summed E-state index contributed by atoms with van der Waals surface area (Å²) in [5.41, 5.74) is 0.146. The Balaban J connectivity index is 2.65. The molecule has 2 heteroatoms. The summed E-state index contributed by atoms with van der Waals surface area (Å²) in [7, 11) is 2.16. The van der Waals surface area contributed by atoms with Crippen LogP contribution >= 0.6 is 0 Å². The zero-order valence-electron chi connectivity index (χ0n) is 11.4. The number of hydrogen-bond donors (Lipinski definition) is 0. The van der Waals surface area contributed by atoms with Gasteiger partial charge in [-0.3, -0.25) is 0 Å². The Morgan fingerprint density at radius 3 is 2.25 bits per heavy atom. The highest BCUT2D eigenvalue weighted by Crippen LogP contribution is 2.36. The van der Waals surface area contributed by atoms with E-state index in [-0.39, 0.29) is 11.0 Å². The summed E-state index contributed by atoms with van der Waals surface area (Å²) in [6.45, 7) is 7.66. The van der Waals surface area contributed by atoms with Crippen LogP contribution in [0.5, 0.6) is 0 Å². The number of carbonyl (C=O) groups is 1. The molecule has 0 aromatic heterocycles. The van der Waals surface area contributed by atoms with E-state index < -0.39 is 0 Å². The molecule has 1 saturated carbocycles. The molecule has 0 heterocycles. The van der Waals surface area contributed by atoms with Crippen molar-refractivity contribution in [1.82, 2.24) is 4.90 Å². The van der Waals surface area contributed by atoms with Gasteiger partial charge in [-0.05, 0) is 40.2 Å². The van der Waals surface area contributed by atoms with E-state index in [0.717, 1.165) is 25.8 Å². The van der Waals surface area contributed by atoms with Gasteiger partial charge >= 0.3 is 0 Å². The number of hydrogen-bond acceptors (Lipinski definition) is 2. The standard InChI is InChI=1S/C14H27NO/c1-5-13(2,3)15(4)11-14(12-16)9-7-6-8-10-14/h12H,5-11H2,1-4H3. The van der Waals surface area contributed by atoms with Crippen LogP contribution < -0.4 is 0 Å². The molecule has 0 spiro atoms. The first-order valence-electron chi connectivity index (χ1n) is 6.63. The third kappa shape index (κ3) is 3.07. The molecule has 1 aliphatic carbocycles. The molecule has 1 aliphatic rings. The van der Waals surface area contributed by atoms with Crippen molar-refractivity contribution in [3.63, 3.8) is 0 Å². The Hall–Kier alpha value is -0.370. The first-order valence-corrected chi connectivity index (χ1v) is 6.63. The van der Waals surface area contributed by atoms with E-state index >= 15 is 0 Å². The van der Waals surface area contributed by atoms with E-state index in [2.05, 4.69) is 32.7 Å². The molecule has 0 unspecified atom stereocenters. The molecule has 0 bridgehead atoms. The van der Waals surface area contributed by atoms with E-state index in [1.165, 1.54) is 25.5 Å². The van der Waals surface area contributed by atoms with Gasteiger partial charge in [0.15, 0.2) is 0 Å². The van der Waals surface area contributed by atoms with Crippen molar-refractivity contribution < 1.29 is 4.79 Å². The van der Waals surface area contributed by atoms with E-state index in [1.807, 2.05) is 0 Å². The summed E-state index contributed by atoms with van der Waals surface area (Å²) in [5, 5.41) is 0. The van der Waals surface area contributed by atoms with Gasteiger partial charge in [0.2, 0.25) is 0 Å². The van der Waals surface area contributed by atoms with E-state index in [4.69, 9.17) is 0 Å². The molecule has 0 aromatic carbocycles. The van der Waals surface area contributed by atoms with Crippen LogP contribution in [0.4, 0.5) is 0 Å². The van der Waals surface area contributed by atoms with Gasteiger partial charge in [0.05, 0.1) is 0 Å². The summed E-state index contributed by atoms with van der Waals surface area (Å²) in [6.07, 6.45) is 8.27. The second kappa shape index (κ2) is 5.31. The van der Waals surface area contributed by atoms with Crippen LogP contribution in [0.1, 0.15) is 59.3 Å². The van der Waals surface area contributed by atoms with Crippen LogP contribution in [0.25, 0.3) is 0 Å². The first-order chi connectivity index (χ1) is 7.46. The molecule has 94 valence electrons. The zero-order valence-corrected chi connectivity index (χ0v) is 11.4. The summed E-state index contributed by atoms with van der Waals surface area (Å²) < 4.78 is 0. The summed E-state index contributed by atoms with van der Waals surface area (Å²) in [4.78, 5) is 13.8. The molecule has 1 rings (SSSR count). The molecule has 16 heavy (non-hydrogen) atoms. The van der Waals surface area contributed by atoms with Crippen molar-refractivity contribution >= 4 is 6.29 Å². The van der Waals surface area contributed by atoms with Crippen LogP contribution in [-0.4, -0.2) is 30.3 Å². The topological polar surface area (TPSA) is 20.3 Å². The summed E-state index contributed by atoms with van der Waals surface area (Å²) >= 11 is 0. The quantitative estimate of drug-likeness (QED) is 0.669. The maximum atomic E-state index is 11.4. The Bertz CT molecular complexity index is 229. The highest BCUT2D eigenvalue weighted by Gasteiger charge is 2.35. The molecule has 0 N–H and O–H groups in total. The summed E-state index contributed by atoms with van der Waals surface area (Å²) in [6, 6.07) is 0. The number of carbonyl (C=O) groups excluding carboxylic acids is 1. The molecule has 0 amide bonds. The lowest BCUT2D eigenvalue weighted by Gasteiger charge is -2.42. The van der Waals surface area contributed by atoms with Crippen molar-refractivity contribution in [2.24, 2.45) is 5.41 Å². The highest BCUT2D eigenvalue weighted by molar-refractivity contribution is 5.60. The smallest absolute Gasteiger partial charge is 0.127 e. The van der Waals surface area contributed by atoms with Crippen molar-refractivity contribution in [2.75, 3.05) is 13.6 Å². The largest absolute Gasteiger partial charge is 0.303 e. The molecule has 2 nitrogen and oxygen atoms in total. The van der Waals surface area contributed by atoms with Gasteiger partial charge in [-0.2, -0.15) is 0 Å². The minimum atomic E-state index is -0.0561. The van der Waals surface area contributed by atoms with Gasteiger partial charge in [-0.15, -0.1) is 0 Å². The minimum Gasteiger partial charge on any atom is -0.303 e. The monoisotopic (exact) mass is 225 g/mol. The maximum absolute atomic E-state index is 11.4. The Labute approximate surface area is 100 Å². The lowest BCUT2D eigenvalue weighted by atomic mass is 9.74. The fourth-order valence-electron chi connectivity index (χ4n) is 2.53. The highest BCUT2D eigenvalue weighted by atomic mass is 16.1. The van der Waals surface area contributed by atoms with Crippen molar-refractivity contribution in [3.05, 3.63) is 0 Å². The first kappa shape index (κ1) is 13.7. The number of aldehydes is 1. The van der Waals surface area contributed by atoms with Gasteiger partial charge in [-0.25, -0.2) is 0 Å². The maximum Gasteiger partial charge on any atom is 0.127 e. The van der Waals surface area contributed by atoms with Gasteiger partial charge in [0.25, 0.3) is 0 Å². The fraction of sp³-hybridized carbons (Fsp3) is 0.929. The van der Waals surface area contributed by atoms with E-state index in [9.17, 15) is 4.79 Å². The molecule has 0 saturated heterocycles. The molecular weight excluding hydrogens is 198 g/mol. The van der Waals surface area contributed by atoms with Crippen LogP contribution in [0.2, 0.25) is 0 Å². The SMILES string of the molecule is CCC(C)(C)N(C)CC1(C=O)CCCCC1. The zero-order chi connectivity index (χ0) is 12.2. The molecule has 1 fully saturated rings. The van der Waals surface area contributed by atoms with E-state index in [0.29, 0.717) is 0 Å². The normalized spacial score (nSPS) is 21.1. The lowest BCUT2D eigenvalue weighted by molar-refractivity contribution is -0.119. The van der Waals surface area contributed by atoms with Crippen LogP contribution in [0.15, 0.2) is 0 Å². The second-order valence-corrected chi connectivity index (χ2v) is 6.06. The minimum absolute atomic E-state index is 0.0561. The third-order valence-electron chi connectivity index (χ3n) is 4.55. The number of rotatable bonds is 5. The Kier molecular flexibility index (Phi) is 4.54. The average molecular weight is 225 g/mol. The molecule has 0 aliphatic heterocycles. The van der Waals surface area contributed by atoms with Crippen molar-refractivity contribution in [1.29, 1.82) is 0 Å². The van der Waals surface area contributed by atoms with Gasteiger partial charge < -0.3 is 9.69 Å². The van der Waals surface area contributed by atoms with Gasteiger partial charge in [0, 0.05) is 17.5 Å². The fourth-order valence-corrected chi connectivity index (χ4v) is 2.53. The van der Waals surface area contributed by atoms with Crippen LogP contribution in [0.3, 0.4) is 0 Å². The average Bonchev–Trinajstić information content (AvgIpc) is 2.30. The van der Waals surface area contributed by atoms with Gasteiger partial charge in [0.1, 0.15) is 6.29 Å². The summed E-state index contributed by atoms with van der Waals surface area (Å²) in [5.74, 6) is 0. The van der Waals surface area contributed by atoms with Gasteiger partial charge in [-0.1, -0.05) is 26.2 Å². The second-order valence-electron chi connectivity index (χ2n) is 6.06. The Morgan fingerprint density at radius 1 is 1.25 bits per heavy atom. The number of nitrogens with zero attached hydrogens (tertiary/aromatic N) is 1. The predicted octanol–water partition coefficient (Wildman–Crippen LogP) is 3.26. The van der Waals surface area contributed by atoms with Crippen LogP contribution in [0, 0.1) is 5.41 Å². The third-order valence-corrected chi connectivity index (χ3v) is 4.55.